The minimum atomic E-state index is -2.49. The molecule has 4 nitrogen and oxygen atoms in total. The molecule has 0 radical (unpaired) electrons. The summed E-state index contributed by atoms with van der Waals surface area (Å²) in [7, 11) is -2.49. The van der Waals surface area contributed by atoms with E-state index in [2.05, 4.69) is 0 Å². The Morgan fingerprint density at radius 2 is 0.967 bits per heavy atom. The van der Waals surface area contributed by atoms with Crippen molar-refractivity contribution in [3.05, 3.63) is 46.5 Å². The maximum absolute atomic E-state index is 11.2. The van der Waals surface area contributed by atoms with Crippen molar-refractivity contribution < 1.29 is 42.1 Å². The van der Waals surface area contributed by atoms with Gasteiger partial charge in [-0.25, -0.2) is 0 Å². The van der Waals surface area contributed by atoms with Gasteiger partial charge in [-0.2, -0.15) is 0 Å². The molecular weight excluding hydrogens is 432 g/mol. The minimum absolute atomic E-state index is 0. The van der Waals surface area contributed by atoms with E-state index in [1.807, 2.05) is 79.7 Å². The van der Waals surface area contributed by atoms with Crippen LogP contribution in [-0.2, 0) is 32.5 Å². The molecule has 2 aromatic rings. The number of phenols is 2. The smallest absolute Gasteiger partial charge is 0.131 e. The minimum Gasteiger partial charge on any atom is -0.507 e. The summed E-state index contributed by atoms with van der Waals surface area (Å²) in [6.07, 6.45) is 0. The van der Waals surface area contributed by atoms with E-state index in [-0.39, 0.29) is 55.9 Å². The number of aromatic hydroxyl groups is 2. The van der Waals surface area contributed by atoms with Crippen molar-refractivity contribution >= 4 is 10.0 Å². The summed E-state index contributed by atoms with van der Waals surface area (Å²) in [6, 6.07) is 7.53. The van der Waals surface area contributed by atoms with Gasteiger partial charge in [0.25, 0.3) is 0 Å². The van der Waals surface area contributed by atoms with Crippen LogP contribution < -0.4 is 0 Å². The number of benzene rings is 2. The summed E-state index contributed by atoms with van der Waals surface area (Å²) >= 11 is 0. The third kappa shape index (κ3) is 4.91. The zero-order valence-electron chi connectivity index (χ0n) is 19.4. The van der Waals surface area contributed by atoms with Crippen molar-refractivity contribution in [3.63, 3.8) is 0 Å². The van der Waals surface area contributed by atoms with Gasteiger partial charge in [-0.05, 0) is 47.9 Å². The first-order valence-corrected chi connectivity index (χ1v) is 11.8. The van der Waals surface area contributed by atoms with E-state index in [0.717, 1.165) is 22.3 Å². The maximum Gasteiger partial charge on any atom is 0.131 e. The van der Waals surface area contributed by atoms with Crippen molar-refractivity contribution in [2.75, 3.05) is 11.9 Å². The fourth-order valence-corrected chi connectivity index (χ4v) is 6.33. The molecule has 0 atom stereocenters. The fourth-order valence-electron chi connectivity index (χ4n) is 3.67. The van der Waals surface area contributed by atoms with Gasteiger partial charge >= 0.3 is 0 Å². The van der Waals surface area contributed by atoms with Crippen LogP contribution in [0.1, 0.15) is 63.8 Å². The van der Waals surface area contributed by atoms with Gasteiger partial charge < -0.3 is 20.4 Å². The van der Waals surface area contributed by atoms with Crippen molar-refractivity contribution in [2.24, 2.45) is 0 Å². The summed E-state index contributed by atoms with van der Waals surface area (Å²) in [5.74, 6) is -0.575. The molecule has 0 aliphatic carbocycles. The molecule has 0 spiro atoms. The van der Waals surface area contributed by atoms with Crippen LogP contribution in [-0.4, -0.2) is 32.3 Å². The van der Waals surface area contributed by atoms with Crippen LogP contribution in [0.25, 0.3) is 0 Å². The molecule has 0 saturated heterocycles. The van der Waals surface area contributed by atoms with Crippen molar-refractivity contribution in [3.8, 4) is 11.5 Å². The van der Waals surface area contributed by atoms with Crippen molar-refractivity contribution in [1.82, 2.24) is 0 Å². The van der Waals surface area contributed by atoms with E-state index in [4.69, 9.17) is 0 Å². The van der Waals surface area contributed by atoms with E-state index in [1.54, 1.807) is 0 Å². The Hall–Kier alpha value is -0.976. The van der Waals surface area contributed by atoms with Crippen LogP contribution in [0.5, 0.6) is 11.5 Å². The SMILES string of the molecule is Cc1cc(C(C)(C)C)c(O)c(S(CO)(CO)c2cc(C)cc(C(C)(C)C)c2O)c1.[Ti]. The normalized spacial score (nSPS) is 13.1. The second-order valence-corrected chi connectivity index (χ2v) is 13.1. The molecule has 0 saturated carbocycles. The Morgan fingerprint density at radius 1 is 0.667 bits per heavy atom. The topological polar surface area (TPSA) is 80.9 Å². The van der Waals surface area contributed by atoms with Crippen LogP contribution in [0.2, 0.25) is 0 Å². The molecule has 0 unspecified atom stereocenters. The Bertz CT molecular complexity index is 835. The standard InChI is InChI=1S/C24H36O4S.Ti/c1-15-9-17(23(3,4)5)21(27)19(11-15)29(13-25,14-26)20-12-16(2)10-18(22(20)28)24(6,7)8;/h9-12,25-28H,13-14H2,1-8H3;. The van der Waals surface area contributed by atoms with Gasteiger partial charge in [0.05, 0.1) is 11.9 Å². The van der Waals surface area contributed by atoms with E-state index >= 15 is 0 Å². The summed E-state index contributed by atoms with van der Waals surface area (Å²) in [6.45, 7) is 16.0. The number of phenolic OH excluding ortho intramolecular Hbond substituents is 2. The number of aliphatic hydroxyl groups excluding tert-OH is 2. The first-order valence-electron chi connectivity index (χ1n) is 9.87. The summed E-state index contributed by atoms with van der Waals surface area (Å²) in [4.78, 5) is 1.02. The van der Waals surface area contributed by atoms with Gasteiger partial charge in [-0.15, -0.1) is 10.0 Å². The molecule has 2 rings (SSSR count). The van der Waals surface area contributed by atoms with Crippen LogP contribution in [0.4, 0.5) is 0 Å². The number of hydrogen-bond donors (Lipinski definition) is 4. The van der Waals surface area contributed by atoms with Gasteiger partial charge in [0.2, 0.25) is 0 Å². The molecular formula is C24H36O4STi. The number of aryl methyl sites for hydroxylation is 2. The summed E-state index contributed by atoms with van der Waals surface area (Å²) in [5.41, 5.74) is 2.76. The first kappa shape index (κ1) is 27.1. The molecule has 0 aliphatic rings. The predicted molar refractivity (Wildman–Crippen MR) is 121 cm³/mol. The third-order valence-corrected chi connectivity index (χ3v) is 8.53. The van der Waals surface area contributed by atoms with Crippen molar-refractivity contribution in [2.45, 2.75) is 76.0 Å². The van der Waals surface area contributed by atoms with Gasteiger partial charge in [0.15, 0.2) is 0 Å². The number of hydrogen-bond acceptors (Lipinski definition) is 4. The van der Waals surface area contributed by atoms with Crippen LogP contribution in [0, 0.1) is 13.8 Å². The van der Waals surface area contributed by atoms with Crippen LogP contribution in [0.3, 0.4) is 0 Å². The summed E-state index contributed by atoms with van der Waals surface area (Å²) in [5, 5.41) is 43.5. The molecule has 0 aromatic heterocycles. The maximum atomic E-state index is 11.2. The molecule has 0 heterocycles. The molecule has 30 heavy (non-hydrogen) atoms. The Kier molecular flexibility index (Phi) is 8.35. The molecule has 0 amide bonds. The average Bonchev–Trinajstić information content (AvgIpc) is 2.59. The molecule has 0 bridgehead atoms. The third-order valence-electron chi connectivity index (χ3n) is 5.34. The van der Waals surface area contributed by atoms with Gasteiger partial charge in [-0.3, -0.25) is 0 Å². The molecule has 166 valence electrons. The molecule has 0 fully saturated rings. The number of aliphatic hydroxyl groups is 2. The largest absolute Gasteiger partial charge is 0.507 e. The van der Waals surface area contributed by atoms with E-state index < -0.39 is 10.0 Å². The van der Waals surface area contributed by atoms with Crippen LogP contribution >= 0.6 is 10.0 Å². The van der Waals surface area contributed by atoms with Gasteiger partial charge in [-0.1, -0.05) is 53.7 Å². The molecule has 6 heteroatoms. The monoisotopic (exact) mass is 468 g/mol. The second kappa shape index (κ2) is 9.26. The van der Waals surface area contributed by atoms with E-state index in [1.165, 1.54) is 0 Å². The van der Waals surface area contributed by atoms with Gasteiger partial charge in [0, 0.05) is 42.6 Å². The van der Waals surface area contributed by atoms with Crippen molar-refractivity contribution in [1.29, 1.82) is 0 Å². The molecule has 2 aromatic carbocycles. The second-order valence-electron chi connectivity index (χ2n) is 9.96. The average molecular weight is 468 g/mol. The fraction of sp³-hybridized carbons (Fsp3) is 0.500. The number of rotatable bonds is 4. The predicted octanol–water partition coefficient (Wildman–Crippen LogP) is 5.43. The summed E-state index contributed by atoms with van der Waals surface area (Å²) < 4.78 is 0. The molecule has 0 aliphatic heterocycles. The van der Waals surface area contributed by atoms with E-state index in [9.17, 15) is 20.4 Å². The van der Waals surface area contributed by atoms with Crippen LogP contribution in [0.15, 0.2) is 34.1 Å². The zero-order chi connectivity index (χ0) is 22.4. The Balaban J connectivity index is 0.00000450. The Labute approximate surface area is 197 Å². The molecule has 4 N–H and O–H groups in total. The van der Waals surface area contributed by atoms with E-state index in [0.29, 0.717) is 9.79 Å². The quantitative estimate of drug-likeness (QED) is 0.451. The van der Waals surface area contributed by atoms with Gasteiger partial charge in [0.1, 0.15) is 11.5 Å². The first-order chi connectivity index (χ1) is 13.2. The zero-order valence-corrected chi connectivity index (χ0v) is 21.8. The Morgan fingerprint density at radius 3 is 1.20 bits per heavy atom.